The van der Waals surface area contributed by atoms with Crippen molar-refractivity contribution in [2.24, 2.45) is 5.73 Å². The van der Waals surface area contributed by atoms with E-state index < -0.39 is 0 Å². The van der Waals surface area contributed by atoms with Gasteiger partial charge >= 0.3 is 0 Å². The zero-order valence-corrected chi connectivity index (χ0v) is 12.9. The van der Waals surface area contributed by atoms with E-state index in [9.17, 15) is 0 Å². The largest absolute Gasteiger partial charge is 0.454 e. The lowest BCUT2D eigenvalue weighted by atomic mass is 9.98. The van der Waals surface area contributed by atoms with Gasteiger partial charge in [-0.2, -0.15) is 0 Å². The van der Waals surface area contributed by atoms with Gasteiger partial charge in [0.1, 0.15) is 0 Å². The van der Waals surface area contributed by atoms with Crippen LogP contribution in [0.3, 0.4) is 0 Å². The first-order chi connectivity index (χ1) is 10.2. The average molecular weight is 313 g/mol. The van der Waals surface area contributed by atoms with Crippen molar-refractivity contribution in [2.75, 3.05) is 27.0 Å². The summed E-state index contributed by atoms with van der Waals surface area (Å²) in [6, 6.07) is 4.29. The van der Waals surface area contributed by atoms with E-state index in [1.807, 2.05) is 12.1 Å². The molecule has 0 saturated carbocycles. The van der Waals surface area contributed by atoms with Crippen LogP contribution in [0.5, 0.6) is 11.5 Å². The SMILES string of the molecule is COC1CCN(Cc2cc(Cl)c3c(c2)OCO3)C(CN)C1. The fourth-order valence-electron chi connectivity index (χ4n) is 3.08. The van der Waals surface area contributed by atoms with Crippen LogP contribution in [0, 0.1) is 0 Å². The van der Waals surface area contributed by atoms with Crippen molar-refractivity contribution in [3.8, 4) is 11.5 Å². The first-order valence-electron chi connectivity index (χ1n) is 7.26. The second-order valence-electron chi connectivity index (χ2n) is 5.55. The van der Waals surface area contributed by atoms with E-state index in [1.165, 1.54) is 0 Å². The van der Waals surface area contributed by atoms with Crippen molar-refractivity contribution < 1.29 is 14.2 Å². The van der Waals surface area contributed by atoms with Gasteiger partial charge in [-0.3, -0.25) is 4.90 Å². The maximum Gasteiger partial charge on any atom is 0.231 e. The summed E-state index contributed by atoms with van der Waals surface area (Å²) in [7, 11) is 1.77. The Bertz CT molecular complexity index is 512. The van der Waals surface area contributed by atoms with E-state index in [1.54, 1.807) is 7.11 Å². The Balaban J connectivity index is 1.73. The van der Waals surface area contributed by atoms with Gasteiger partial charge in [-0.15, -0.1) is 0 Å². The van der Waals surface area contributed by atoms with Crippen molar-refractivity contribution >= 4 is 11.6 Å². The molecule has 6 heteroatoms. The molecule has 116 valence electrons. The number of hydrogen-bond donors (Lipinski definition) is 1. The number of halogens is 1. The molecule has 1 fully saturated rings. The molecule has 0 radical (unpaired) electrons. The average Bonchev–Trinajstić information content (AvgIpc) is 2.96. The van der Waals surface area contributed by atoms with E-state index in [2.05, 4.69) is 4.90 Å². The van der Waals surface area contributed by atoms with Crippen molar-refractivity contribution in [1.82, 2.24) is 4.90 Å². The Morgan fingerprint density at radius 3 is 3.05 bits per heavy atom. The smallest absolute Gasteiger partial charge is 0.231 e. The van der Waals surface area contributed by atoms with Crippen LogP contribution in [-0.2, 0) is 11.3 Å². The first-order valence-corrected chi connectivity index (χ1v) is 7.64. The lowest BCUT2D eigenvalue weighted by Crippen LogP contribution is -2.47. The number of likely N-dealkylation sites (tertiary alicyclic amines) is 1. The molecular formula is C15H21ClN2O3. The molecule has 0 aliphatic carbocycles. The second kappa shape index (κ2) is 6.40. The molecule has 1 saturated heterocycles. The highest BCUT2D eigenvalue weighted by Gasteiger charge is 2.28. The number of rotatable bonds is 4. The van der Waals surface area contributed by atoms with Crippen LogP contribution >= 0.6 is 11.6 Å². The maximum absolute atomic E-state index is 6.24. The summed E-state index contributed by atoms with van der Waals surface area (Å²) in [4.78, 5) is 2.39. The minimum absolute atomic E-state index is 0.239. The van der Waals surface area contributed by atoms with Crippen LogP contribution in [-0.4, -0.2) is 44.0 Å². The highest BCUT2D eigenvalue weighted by molar-refractivity contribution is 6.32. The fraction of sp³-hybridized carbons (Fsp3) is 0.600. The van der Waals surface area contributed by atoms with E-state index in [0.717, 1.165) is 37.2 Å². The molecular weight excluding hydrogens is 292 g/mol. The van der Waals surface area contributed by atoms with Crippen LogP contribution in [0.15, 0.2) is 12.1 Å². The number of ether oxygens (including phenoxy) is 3. The van der Waals surface area contributed by atoms with Gasteiger partial charge in [-0.1, -0.05) is 11.6 Å². The standard InChI is InChI=1S/C15H21ClN2O3/c1-19-12-2-3-18(11(6-12)7-17)8-10-4-13(16)15-14(5-10)20-9-21-15/h4-5,11-12H,2-3,6-9,17H2,1H3. The van der Waals surface area contributed by atoms with Crippen LogP contribution < -0.4 is 15.2 Å². The monoisotopic (exact) mass is 312 g/mol. The lowest BCUT2D eigenvalue weighted by molar-refractivity contribution is 0.0102. The zero-order valence-electron chi connectivity index (χ0n) is 12.2. The molecule has 2 atom stereocenters. The molecule has 1 aromatic rings. The summed E-state index contributed by atoms with van der Waals surface area (Å²) in [6.45, 7) is 2.67. The summed E-state index contributed by atoms with van der Waals surface area (Å²) >= 11 is 6.24. The predicted octanol–water partition coefficient (Wildman–Crippen LogP) is 2.01. The maximum atomic E-state index is 6.24. The molecule has 5 nitrogen and oxygen atoms in total. The number of fused-ring (bicyclic) bond motifs is 1. The molecule has 2 unspecified atom stereocenters. The summed E-state index contributed by atoms with van der Waals surface area (Å²) in [5.74, 6) is 1.38. The molecule has 2 aliphatic rings. The quantitative estimate of drug-likeness (QED) is 0.921. The predicted molar refractivity (Wildman–Crippen MR) is 80.9 cm³/mol. The third-order valence-electron chi connectivity index (χ3n) is 4.27. The Hall–Kier alpha value is -1.01. The van der Waals surface area contributed by atoms with Crippen LogP contribution in [0.25, 0.3) is 0 Å². The van der Waals surface area contributed by atoms with Crippen molar-refractivity contribution in [3.63, 3.8) is 0 Å². The van der Waals surface area contributed by atoms with Gasteiger partial charge in [0.25, 0.3) is 0 Å². The first kappa shape index (κ1) is 14.9. The third-order valence-corrected chi connectivity index (χ3v) is 4.55. The molecule has 3 rings (SSSR count). The summed E-state index contributed by atoms with van der Waals surface area (Å²) in [5, 5.41) is 0.607. The summed E-state index contributed by atoms with van der Waals surface area (Å²) in [6.07, 6.45) is 2.33. The van der Waals surface area contributed by atoms with Gasteiger partial charge in [0.05, 0.1) is 11.1 Å². The van der Waals surface area contributed by atoms with Crippen molar-refractivity contribution in [3.05, 3.63) is 22.7 Å². The molecule has 21 heavy (non-hydrogen) atoms. The van der Waals surface area contributed by atoms with E-state index in [0.29, 0.717) is 29.5 Å². The number of piperidine rings is 1. The molecule has 0 bridgehead atoms. The van der Waals surface area contributed by atoms with E-state index >= 15 is 0 Å². The topological polar surface area (TPSA) is 57.0 Å². The number of benzene rings is 1. The fourth-order valence-corrected chi connectivity index (χ4v) is 3.36. The van der Waals surface area contributed by atoms with Gasteiger partial charge in [0.15, 0.2) is 11.5 Å². The summed E-state index contributed by atoms with van der Waals surface area (Å²) in [5.41, 5.74) is 7.04. The molecule has 1 aromatic carbocycles. The van der Waals surface area contributed by atoms with Crippen LogP contribution in [0.1, 0.15) is 18.4 Å². The normalized spacial score (nSPS) is 25.3. The molecule has 2 heterocycles. The number of hydrogen-bond acceptors (Lipinski definition) is 5. The summed E-state index contributed by atoms with van der Waals surface area (Å²) < 4.78 is 16.2. The molecule has 0 amide bonds. The minimum atomic E-state index is 0.239. The highest BCUT2D eigenvalue weighted by Crippen LogP contribution is 2.40. The van der Waals surface area contributed by atoms with E-state index in [-0.39, 0.29) is 6.79 Å². The molecule has 0 spiro atoms. The highest BCUT2D eigenvalue weighted by atomic mass is 35.5. The number of nitrogens with zero attached hydrogens (tertiary/aromatic N) is 1. The minimum Gasteiger partial charge on any atom is -0.454 e. The Labute approximate surface area is 129 Å². The molecule has 2 aliphatic heterocycles. The van der Waals surface area contributed by atoms with Crippen LogP contribution in [0.2, 0.25) is 5.02 Å². The number of methoxy groups -OCH3 is 1. The van der Waals surface area contributed by atoms with Gasteiger partial charge in [-0.05, 0) is 30.5 Å². The Morgan fingerprint density at radius 2 is 2.29 bits per heavy atom. The van der Waals surface area contributed by atoms with Gasteiger partial charge in [0.2, 0.25) is 6.79 Å². The molecule has 0 aromatic heterocycles. The van der Waals surface area contributed by atoms with Crippen LogP contribution in [0.4, 0.5) is 0 Å². The van der Waals surface area contributed by atoms with E-state index in [4.69, 9.17) is 31.5 Å². The lowest BCUT2D eigenvalue weighted by Gasteiger charge is -2.38. The van der Waals surface area contributed by atoms with Gasteiger partial charge in [-0.25, -0.2) is 0 Å². The zero-order chi connectivity index (χ0) is 14.8. The molecule has 2 N–H and O–H groups in total. The van der Waals surface area contributed by atoms with Gasteiger partial charge in [0, 0.05) is 32.8 Å². The van der Waals surface area contributed by atoms with Gasteiger partial charge < -0.3 is 19.9 Å². The second-order valence-corrected chi connectivity index (χ2v) is 5.96. The Morgan fingerprint density at radius 1 is 1.43 bits per heavy atom. The van der Waals surface area contributed by atoms with Crippen molar-refractivity contribution in [1.29, 1.82) is 0 Å². The van der Waals surface area contributed by atoms with Crippen molar-refractivity contribution in [2.45, 2.75) is 31.5 Å². The number of nitrogens with two attached hydrogens (primary N) is 1. The Kier molecular flexibility index (Phi) is 4.54. The third kappa shape index (κ3) is 3.11.